The molecule has 0 spiro atoms. The molecule has 0 fully saturated rings. The summed E-state index contributed by atoms with van der Waals surface area (Å²) in [5, 5.41) is 0. The highest BCUT2D eigenvalue weighted by Gasteiger charge is 2.23. The number of aromatic nitrogens is 3. The molecule has 1 aliphatic rings. The van der Waals surface area contributed by atoms with Gasteiger partial charge in [0.15, 0.2) is 0 Å². The topological polar surface area (TPSA) is 56.7 Å². The highest BCUT2D eigenvalue weighted by atomic mass is 15.2. The lowest BCUT2D eigenvalue weighted by Crippen LogP contribution is -2.18. The Morgan fingerprint density at radius 2 is 2.12 bits per heavy atom. The Bertz CT molecular complexity index is 530. The van der Waals surface area contributed by atoms with Gasteiger partial charge in [0.2, 0.25) is 5.95 Å². The molecule has 4 nitrogen and oxygen atoms in total. The molecule has 0 saturated carbocycles. The van der Waals surface area contributed by atoms with Crippen LogP contribution in [0.2, 0.25) is 0 Å². The molecule has 2 N–H and O–H groups in total. The molecule has 2 aromatic heterocycles. The zero-order valence-corrected chi connectivity index (χ0v) is 9.93. The summed E-state index contributed by atoms with van der Waals surface area (Å²) in [6, 6.07) is 4.18. The Kier molecular flexibility index (Phi) is 2.44. The highest BCUT2D eigenvalue weighted by Crippen LogP contribution is 2.31. The molecule has 1 atom stereocenters. The zero-order valence-electron chi connectivity index (χ0n) is 9.93. The molecular weight excluding hydrogens is 212 g/mol. The van der Waals surface area contributed by atoms with E-state index in [1.807, 2.05) is 6.07 Å². The summed E-state index contributed by atoms with van der Waals surface area (Å²) in [5.74, 6) is 0.750. The summed E-state index contributed by atoms with van der Waals surface area (Å²) in [5.41, 5.74) is 9.87. The van der Waals surface area contributed by atoms with Crippen LogP contribution in [0.25, 0.3) is 5.95 Å². The molecule has 1 unspecified atom stereocenters. The molecule has 0 saturated heterocycles. The summed E-state index contributed by atoms with van der Waals surface area (Å²) in [4.78, 5) is 8.65. The van der Waals surface area contributed by atoms with Crippen LogP contribution in [0.5, 0.6) is 0 Å². The monoisotopic (exact) mass is 228 g/mol. The lowest BCUT2D eigenvalue weighted by atomic mass is 9.93. The van der Waals surface area contributed by atoms with Crippen molar-refractivity contribution >= 4 is 0 Å². The van der Waals surface area contributed by atoms with Crippen LogP contribution in [0.4, 0.5) is 0 Å². The normalized spacial score (nSPS) is 19.1. The van der Waals surface area contributed by atoms with Crippen LogP contribution >= 0.6 is 0 Å². The van der Waals surface area contributed by atoms with Crippen LogP contribution in [0, 0.1) is 6.92 Å². The predicted molar refractivity (Wildman–Crippen MR) is 66.0 cm³/mol. The molecule has 0 aromatic carbocycles. The molecule has 1 aliphatic carbocycles. The van der Waals surface area contributed by atoms with Crippen LogP contribution in [0.1, 0.15) is 35.8 Å². The molecule has 88 valence electrons. The number of hydrogen-bond donors (Lipinski definition) is 1. The van der Waals surface area contributed by atoms with Gasteiger partial charge in [-0.15, -0.1) is 0 Å². The van der Waals surface area contributed by atoms with Crippen LogP contribution < -0.4 is 5.73 Å². The second kappa shape index (κ2) is 3.96. The lowest BCUT2D eigenvalue weighted by molar-refractivity contribution is 0.558. The maximum atomic E-state index is 6.15. The first-order valence-electron chi connectivity index (χ1n) is 6.01. The van der Waals surface area contributed by atoms with Crippen molar-refractivity contribution < 1.29 is 0 Å². The van der Waals surface area contributed by atoms with Crippen molar-refractivity contribution in [3.63, 3.8) is 0 Å². The highest BCUT2D eigenvalue weighted by molar-refractivity contribution is 5.37. The SMILES string of the molecule is Cc1cc2c(n1-c1ncccn1)CCCC2N. The van der Waals surface area contributed by atoms with Crippen LogP contribution in [0.3, 0.4) is 0 Å². The Morgan fingerprint density at radius 1 is 1.35 bits per heavy atom. The smallest absolute Gasteiger partial charge is 0.233 e. The van der Waals surface area contributed by atoms with Crippen molar-refractivity contribution in [3.05, 3.63) is 41.5 Å². The summed E-state index contributed by atoms with van der Waals surface area (Å²) < 4.78 is 2.13. The van der Waals surface area contributed by atoms with E-state index in [9.17, 15) is 0 Å². The van der Waals surface area contributed by atoms with Crippen LogP contribution in [-0.2, 0) is 6.42 Å². The summed E-state index contributed by atoms with van der Waals surface area (Å²) in [6.45, 7) is 2.08. The van der Waals surface area contributed by atoms with E-state index in [1.165, 1.54) is 17.0 Å². The largest absolute Gasteiger partial charge is 0.324 e. The fourth-order valence-electron chi connectivity index (χ4n) is 2.62. The van der Waals surface area contributed by atoms with Gasteiger partial charge in [0.1, 0.15) is 0 Å². The van der Waals surface area contributed by atoms with Gasteiger partial charge in [-0.25, -0.2) is 9.97 Å². The fourth-order valence-corrected chi connectivity index (χ4v) is 2.62. The molecule has 3 rings (SSSR count). The van der Waals surface area contributed by atoms with Gasteiger partial charge >= 0.3 is 0 Å². The average Bonchev–Trinajstić information content (AvgIpc) is 2.68. The summed E-state index contributed by atoms with van der Waals surface area (Å²) >= 11 is 0. The third-order valence-electron chi connectivity index (χ3n) is 3.40. The van der Waals surface area contributed by atoms with Crippen molar-refractivity contribution in [2.75, 3.05) is 0 Å². The minimum absolute atomic E-state index is 0.169. The maximum absolute atomic E-state index is 6.15. The minimum atomic E-state index is 0.169. The Balaban J connectivity index is 2.18. The predicted octanol–water partition coefficient (Wildman–Crippen LogP) is 1.91. The van der Waals surface area contributed by atoms with Gasteiger partial charge in [-0.05, 0) is 43.9 Å². The Labute approximate surface area is 101 Å². The van der Waals surface area contributed by atoms with E-state index in [2.05, 4.69) is 27.5 Å². The van der Waals surface area contributed by atoms with Gasteiger partial charge in [0.25, 0.3) is 0 Å². The molecule has 0 radical (unpaired) electrons. The van der Waals surface area contributed by atoms with E-state index >= 15 is 0 Å². The first kappa shape index (κ1) is 10.5. The summed E-state index contributed by atoms with van der Waals surface area (Å²) in [7, 11) is 0. The summed E-state index contributed by atoms with van der Waals surface area (Å²) in [6.07, 6.45) is 6.83. The molecule has 0 bridgehead atoms. The lowest BCUT2D eigenvalue weighted by Gasteiger charge is -2.20. The second-order valence-corrected chi connectivity index (χ2v) is 4.57. The third kappa shape index (κ3) is 1.65. The molecule has 2 heterocycles. The van der Waals surface area contributed by atoms with Crippen molar-refractivity contribution in [2.45, 2.75) is 32.2 Å². The minimum Gasteiger partial charge on any atom is -0.324 e. The second-order valence-electron chi connectivity index (χ2n) is 4.57. The number of hydrogen-bond acceptors (Lipinski definition) is 3. The van der Waals surface area contributed by atoms with Gasteiger partial charge in [-0.2, -0.15) is 0 Å². The molecule has 4 heteroatoms. The average molecular weight is 228 g/mol. The van der Waals surface area contributed by atoms with Crippen LogP contribution in [0.15, 0.2) is 24.5 Å². The number of rotatable bonds is 1. The van der Waals surface area contributed by atoms with Gasteiger partial charge in [0.05, 0.1) is 0 Å². The Hall–Kier alpha value is -1.68. The third-order valence-corrected chi connectivity index (χ3v) is 3.40. The van der Waals surface area contributed by atoms with Gasteiger partial charge in [0, 0.05) is 29.8 Å². The number of nitrogens with two attached hydrogens (primary N) is 1. The van der Waals surface area contributed by atoms with E-state index in [4.69, 9.17) is 5.73 Å². The van der Waals surface area contributed by atoms with E-state index in [0.717, 1.165) is 25.2 Å². The standard InChI is InChI=1S/C13H16N4/c1-9-8-10-11(14)4-2-5-12(10)17(9)13-15-6-3-7-16-13/h3,6-8,11H,2,4-5,14H2,1H3. The number of nitrogens with zero attached hydrogens (tertiary/aromatic N) is 3. The van der Waals surface area contributed by atoms with E-state index in [-0.39, 0.29) is 6.04 Å². The van der Waals surface area contributed by atoms with Crippen molar-refractivity contribution in [1.29, 1.82) is 0 Å². The van der Waals surface area contributed by atoms with E-state index < -0.39 is 0 Å². The van der Waals surface area contributed by atoms with Crippen molar-refractivity contribution in [1.82, 2.24) is 14.5 Å². The quantitative estimate of drug-likeness (QED) is 0.811. The van der Waals surface area contributed by atoms with E-state index in [1.54, 1.807) is 12.4 Å². The van der Waals surface area contributed by atoms with Crippen molar-refractivity contribution in [3.8, 4) is 5.95 Å². The first-order valence-corrected chi connectivity index (χ1v) is 6.01. The molecule has 0 amide bonds. The van der Waals surface area contributed by atoms with Gasteiger partial charge in [-0.1, -0.05) is 0 Å². The molecule has 17 heavy (non-hydrogen) atoms. The van der Waals surface area contributed by atoms with Gasteiger partial charge in [-0.3, -0.25) is 4.57 Å². The van der Waals surface area contributed by atoms with E-state index in [0.29, 0.717) is 0 Å². The molecule has 0 aliphatic heterocycles. The van der Waals surface area contributed by atoms with Crippen LogP contribution in [-0.4, -0.2) is 14.5 Å². The first-order chi connectivity index (χ1) is 8.27. The van der Waals surface area contributed by atoms with Crippen molar-refractivity contribution in [2.24, 2.45) is 5.73 Å². The number of aryl methyl sites for hydroxylation is 1. The van der Waals surface area contributed by atoms with Gasteiger partial charge < -0.3 is 5.73 Å². The zero-order chi connectivity index (χ0) is 11.8. The molecule has 2 aromatic rings. The fraction of sp³-hybridized carbons (Fsp3) is 0.385. The maximum Gasteiger partial charge on any atom is 0.233 e. The molecular formula is C13H16N4. The Morgan fingerprint density at radius 3 is 2.88 bits per heavy atom. The number of fused-ring (bicyclic) bond motifs is 1.